The number of H-pyrrole nitrogens is 1. The van der Waals surface area contributed by atoms with Crippen LogP contribution >= 0.6 is 50.6 Å². The van der Waals surface area contributed by atoms with Crippen molar-refractivity contribution in [2.24, 2.45) is 5.92 Å². The number of hydrogen-bond acceptors (Lipinski definition) is 7. The maximum absolute atomic E-state index is 14.0. The van der Waals surface area contributed by atoms with E-state index in [0.29, 0.717) is 37.6 Å². The number of hydrogen-bond donors (Lipinski definition) is 2. The molecular formula is C29H21BrClN3O5S2. The van der Waals surface area contributed by atoms with Gasteiger partial charge in [0, 0.05) is 31.5 Å². The molecule has 1 saturated heterocycles. The molecule has 3 heterocycles. The first-order chi connectivity index (χ1) is 19.7. The van der Waals surface area contributed by atoms with Crippen LogP contribution < -0.4 is 19.8 Å². The molecule has 4 aromatic rings. The third kappa shape index (κ3) is 5.34. The van der Waals surface area contributed by atoms with E-state index in [1.807, 2.05) is 31.2 Å². The van der Waals surface area contributed by atoms with Crippen LogP contribution in [-0.2, 0) is 14.4 Å². The van der Waals surface area contributed by atoms with E-state index in [2.05, 4.69) is 26.2 Å². The number of fused-ring (bicyclic) bond motifs is 2. The maximum Gasteiger partial charge on any atom is 0.305 e. The average Bonchev–Trinajstić information content (AvgIpc) is 3.42. The van der Waals surface area contributed by atoms with Gasteiger partial charge in [-0.1, -0.05) is 62.8 Å². The van der Waals surface area contributed by atoms with E-state index >= 15 is 0 Å². The summed E-state index contributed by atoms with van der Waals surface area (Å²) in [5, 5.41) is 3.09. The second-order valence-corrected chi connectivity index (χ2v) is 13.1. The number of aryl methyl sites for hydroxylation is 1. The summed E-state index contributed by atoms with van der Waals surface area (Å²) in [7, 11) is 0. The van der Waals surface area contributed by atoms with Crippen molar-refractivity contribution < 1.29 is 19.1 Å². The van der Waals surface area contributed by atoms with Crippen LogP contribution in [0.4, 0.5) is 11.4 Å². The van der Waals surface area contributed by atoms with E-state index in [0.717, 1.165) is 21.4 Å². The number of amides is 3. The monoisotopic (exact) mass is 669 g/mol. The first-order valence-electron chi connectivity index (χ1n) is 12.5. The number of anilines is 2. The van der Waals surface area contributed by atoms with Crippen molar-refractivity contribution in [3.05, 3.63) is 102 Å². The summed E-state index contributed by atoms with van der Waals surface area (Å²) in [6.45, 7) is 1.65. The number of nitrogens with one attached hydrogen (secondary N) is 2. The van der Waals surface area contributed by atoms with Crippen molar-refractivity contribution in [3.63, 3.8) is 0 Å². The first kappa shape index (κ1) is 27.8. The quantitative estimate of drug-likeness (QED) is 0.245. The topological polar surface area (TPSA) is 109 Å². The smallest absolute Gasteiger partial charge is 0.305 e. The normalized spacial score (nSPS) is 19.6. The zero-order valence-electron chi connectivity index (χ0n) is 21.4. The molecule has 8 nitrogen and oxygen atoms in total. The van der Waals surface area contributed by atoms with Crippen LogP contribution in [0.3, 0.4) is 0 Å². The Kier molecular flexibility index (Phi) is 7.54. The lowest BCUT2D eigenvalue weighted by Crippen LogP contribution is -2.32. The minimum atomic E-state index is -0.806. The molecule has 6 rings (SSSR count). The SMILES string of the molecule is Cc1cccc(NC(=O)COc2ccc(Br)cc2C2c3sc(=O)[nH]c3SC3C(=O)N(c4ccc(Cl)cc4)C(=O)C32)c1. The van der Waals surface area contributed by atoms with E-state index in [1.165, 1.54) is 16.7 Å². The Morgan fingerprint density at radius 3 is 2.61 bits per heavy atom. The Bertz CT molecular complexity index is 1760. The van der Waals surface area contributed by atoms with Crippen molar-refractivity contribution in [1.82, 2.24) is 4.98 Å². The molecule has 12 heteroatoms. The molecule has 2 aliphatic heterocycles. The fraction of sp³-hybridized carbons (Fsp3) is 0.172. The maximum atomic E-state index is 14.0. The molecule has 0 saturated carbocycles. The number of imide groups is 1. The number of carbonyl (C=O) groups is 3. The van der Waals surface area contributed by atoms with Gasteiger partial charge in [0.25, 0.3) is 5.91 Å². The highest BCUT2D eigenvalue weighted by Crippen LogP contribution is 2.54. The Morgan fingerprint density at radius 2 is 1.85 bits per heavy atom. The van der Waals surface area contributed by atoms with Gasteiger partial charge in [-0.3, -0.25) is 19.2 Å². The predicted octanol–water partition coefficient (Wildman–Crippen LogP) is 5.97. The standard InChI is InChI=1S/C29H21BrClN3O5S2/c1-14-3-2-4-17(11-14)32-21(35)13-39-20-10-5-15(30)12-19(20)22-23-25(40-26-24(22)41-29(38)33-26)28(37)34(27(23)36)18-8-6-16(31)7-9-18/h2-12,22-23,25H,13H2,1H3,(H,32,35)(H,33,38). The summed E-state index contributed by atoms with van der Waals surface area (Å²) >= 11 is 11.8. The third-order valence-electron chi connectivity index (χ3n) is 6.88. The highest BCUT2D eigenvalue weighted by Gasteiger charge is 2.56. The van der Waals surface area contributed by atoms with Crippen LogP contribution in [0.5, 0.6) is 5.75 Å². The minimum absolute atomic E-state index is 0.280. The number of carbonyl (C=O) groups excluding carboxylic acids is 3. The summed E-state index contributed by atoms with van der Waals surface area (Å²) in [4.78, 5) is 57.2. The van der Waals surface area contributed by atoms with E-state index in [1.54, 1.807) is 42.5 Å². The second-order valence-electron chi connectivity index (χ2n) is 9.63. The molecule has 1 aromatic heterocycles. The van der Waals surface area contributed by atoms with Gasteiger partial charge in [-0.25, -0.2) is 4.90 Å². The zero-order valence-corrected chi connectivity index (χ0v) is 25.3. The van der Waals surface area contributed by atoms with Crippen LogP contribution in [0, 0.1) is 12.8 Å². The van der Waals surface area contributed by atoms with Crippen LogP contribution in [0.15, 0.2) is 81.0 Å². The summed E-state index contributed by atoms with van der Waals surface area (Å²) in [6.07, 6.45) is 0. The zero-order chi connectivity index (χ0) is 28.8. The highest BCUT2D eigenvalue weighted by molar-refractivity contribution is 9.10. The lowest BCUT2D eigenvalue weighted by atomic mass is 9.82. The summed E-state index contributed by atoms with van der Waals surface area (Å²) in [5.41, 5.74) is 2.68. The lowest BCUT2D eigenvalue weighted by molar-refractivity contribution is -0.122. The predicted molar refractivity (Wildman–Crippen MR) is 163 cm³/mol. The van der Waals surface area contributed by atoms with Crippen molar-refractivity contribution in [2.75, 3.05) is 16.8 Å². The first-order valence-corrected chi connectivity index (χ1v) is 15.4. The number of thioether (sulfide) groups is 1. The molecular weight excluding hydrogens is 650 g/mol. The van der Waals surface area contributed by atoms with Gasteiger partial charge in [0.15, 0.2) is 6.61 Å². The number of ether oxygens (including phenoxy) is 1. The Morgan fingerprint density at radius 1 is 1.07 bits per heavy atom. The Hall–Kier alpha value is -3.38. The van der Waals surface area contributed by atoms with E-state index < -0.39 is 17.1 Å². The summed E-state index contributed by atoms with van der Waals surface area (Å²) < 4.78 is 6.74. The summed E-state index contributed by atoms with van der Waals surface area (Å²) in [5.74, 6) is -2.20. The van der Waals surface area contributed by atoms with Crippen molar-refractivity contribution in [3.8, 4) is 5.75 Å². The van der Waals surface area contributed by atoms with E-state index in [4.69, 9.17) is 16.3 Å². The van der Waals surface area contributed by atoms with Crippen LogP contribution in [0.1, 0.15) is 21.9 Å². The lowest BCUT2D eigenvalue weighted by Gasteiger charge is -2.31. The Balaban J connectivity index is 1.36. The van der Waals surface area contributed by atoms with E-state index in [-0.39, 0.29) is 29.2 Å². The summed E-state index contributed by atoms with van der Waals surface area (Å²) in [6, 6.07) is 19.2. The molecule has 3 atom stereocenters. The number of aromatic amines is 1. The number of benzene rings is 3. The number of halogens is 2. The molecule has 3 unspecified atom stereocenters. The molecule has 208 valence electrons. The molecule has 0 aliphatic carbocycles. The van der Waals surface area contributed by atoms with Crippen molar-refractivity contribution >= 4 is 79.7 Å². The van der Waals surface area contributed by atoms with Gasteiger partial charge in [0.1, 0.15) is 11.0 Å². The van der Waals surface area contributed by atoms with E-state index in [9.17, 15) is 19.2 Å². The van der Waals surface area contributed by atoms with Crippen LogP contribution in [-0.4, -0.2) is 34.6 Å². The van der Waals surface area contributed by atoms with Crippen molar-refractivity contribution in [1.29, 1.82) is 0 Å². The molecule has 3 amide bonds. The van der Waals surface area contributed by atoms with Gasteiger partial charge >= 0.3 is 4.87 Å². The van der Waals surface area contributed by atoms with Crippen LogP contribution in [0.2, 0.25) is 5.02 Å². The molecule has 2 aliphatic rings. The molecule has 3 aromatic carbocycles. The number of thiazole rings is 1. The molecule has 0 spiro atoms. The molecule has 0 bridgehead atoms. The minimum Gasteiger partial charge on any atom is -0.483 e. The molecule has 0 radical (unpaired) electrons. The number of nitrogens with zero attached hydrogens (tertiary/aromatic N) is 1. The molecule has 2 N–H and O–H groups in total. The third-order valence-corrected chi connectivity index (χ3v) is 10.0. The van der Waals surface area contributed by atoms with Gasteiger partial charge < -0.3 is 15.0 Å². The van der Waals surface area contributed by atoms with Crippen LogP contribution in [0.25, 0.3) is 0 Å². The van der Waals surface area contributed by atoms with Gasteiger partial charge in [-0.15, -0.1) is 0 Å². The molecule has 41 heavy (non-hydrogen) atoms. The number of rotatable bonds is 6. The molecule has 1 fully saturated rings. The van der Waals surface area contributed by atoms with Gasteiger partial charge in [0.05, 0.1) is 16.6 Å². The van der Waals surface area contributed by atoms with Crippen molar-refractivity contribution in [2.45, 2.75) is 23.1 Å². The second kappa shape index (κ2) is 11.1. The largest absolute Gasteiger partial charge is 0.483 e. The van der Waals surface area contributed by atoms with Gasteiger partial charge in [-0.05, 0) is 67.1 Å². The average molecular weight is 671 g/mol. The Labute approximate surface area is 256 Å². The van der Waals surface area contributed by atoms with Gasteiger partial charge in [0.2, 0.25) is 11.8 Å². The number of aromatic nitrogens is 1. The highest BCUT2D eigenvalue weighted by atomic mass is 79.9. The fourth-order valence-electron chi connectivity index (χ4n) is 5.15. The van der Waals surface area contributed by atoms with Gasteiger partial charge in [-0.2, -0.15) is 0 Å². The fourth-order valence-corrected chi connectivity index (χ4v) is 8.16.